The SMILES string of the molecule is CCCCCCCCC/C=C\CCCCCCCCCC(=O)OCCCCCCCCCCCCCCCCCCCCC(=O)NC(CO)C(O)CCCCCCCCCCCCCCCCCCCCCCC. The fraction of sp³-hybridized carbons (Fsp3) is 0.941. The zero-order valence-electron chi connectivity index (χ0n) is 50.4. The van der Waals surface area contributed by atoms with E-state index in [1.165, 1.54) is 308 Å². The first-order valence-corrected chi connectivity index (χ1v) is 33.9. The third-order valence-electron chi connectivity index (χ3n) is 16.1. The van der Waals surface area contributed by atoms with Crippen LogP contribution in [0, 0.1) is 0 Å². The van der Waals surface area contributed by atoms with Gasteiger partial charge in [-0.3, -0.25) is 9.59 Å². The summed E-state index contributed by atoms with van der Waals surface area (Å²) in [7, 11) is 0. The molecule has 0 aliphatic rings. The van der Waals surface area contributed by atoms with Crippen LogP contribution < -0.4 is 5.32 Å². The number of hydrogen-bond acceptors (Lipinski definition) is 5. The average Bonchev–Trinajstić information content (AvgIpc) is 3.40. The maximum Gasteiger partial charge on any atom is 0.305 e. The van der Waals surface area contributed by atoms with Crippen molar-refractivity contribution in [2.45, 2.75) is 398 Å². The highest BCUT2D eigenvalue weighted by atomic mass is 16.5. The van der Waals surface area contributed by atoms with Crippen LogP contribution in [0.3, 0.4) is 0 Å². The van der Waals surface area contributed by atoms with Gasteiger partial charge in [-0.25, -0.2) is 0 Å². The molecule has 0 aromatic carbocycles. The van der Waals surface area contributed by atoms with E-state index in [4.69, 9.17) is 4.74 Å². The summed E-state index contributed by atoms with van der Waals surface area (Å²) in [6.45, 7) is 4.98. The van der Waals surface area contributed by atoms with E-state index in [0.29, 0.717) is 25.9 Å². The first kappa shape index (κ1) is 72.6. The highest BCUT2D eigenvalue weighted by Gasteiger charge is 2.20. The Labute approximate surface area is 463 Å². The summed E-state index contributed by atoms with van der Waals surface area (Å²) in [5, 5.41) is 23.4. The Bertz CT molecular complexity index is 1110. The first-order valence-electron chi connectivity index (χ1n) is 33.9. The highest BCUT2D eigenvalue weighted by Crippen LogP contribution is 2.19. The minimum absolute atomic E-state index is 0.00581. The molecule has 0 radical (unpaired) electrons. The monoisotopic (exact) mass is 1040 g/mol. The average molecular weight is 1040 g/mol. The van der Waals surface area contributed by atoms with Gasteiger partial charge in [0.2, 0.25) is 5.91 Å². The number of rotatable bonds is 64. The standard InChI is InChI=1S/C68H133NO5/c1-3-5-7-9-11-13-15-17-19-21-23-24-25-28-32-36-40-44-48-52-56-60-66(71)65(64-70)69-67(72)61-57-53-49-45-41-37-33-29-26-27-31-35-39-43-47-51-55-59-63-74-68(73)62-58-54-50-46-42-38-34-30-22-20-18-16-14-12-10-8-6-4-2/h20,22,65-66,70-71H,3-19,21,23-64H2,1-2H3,(H,69,72)/b22-20-. The van der Waals surface area contributed by atoms with Crippen molar-refractivity contribution in [2.24, 2.45) is 0 Å². The minimum Gasteiger partial charge on any atom is -0.466 e. The molecule has 6 nitrogen and oxygen atoms in total. The van der Waals surface area contributed by atoms with Gasteiger partial charge in [-0.2, -0.15) is 0 Å². The lowest BCUT2D eigenvalue weighted by Gasteiger charge is -2.22. The molecule has 0 aromatic rings. The van der Waals surface area contributed by atoms with Crippen molar-refractivity contribution >= 4 is 11.9 Å². The van der Waals surface area contributed by atoms with Crippen molar-refractivity contribution in [3.63, 3.8) is 0 Å². The molecule has 74 heavy (non-hydrogen) atoms. The number of nitrogens with one attached hydrogen (secondary N) is 1. The molecule has 1 amide bonds. The smallest absolute Gasteiger partial charge is 0.305 e. The van der Waals surface area contributed by atoms with Gasteiger partial charge in [0, 0.05) is 12.8 Å². The second-order valence-corrected chi connectivity index (χ2v) is 23.5. The summed E-state index contributed by atoms with van der Waals surface area (Å²) in [5.74, 6) is -0.0286. The van der Waals surface area contributed by atoms with E-state index >= 15 is 0 Å². The number of allylic oxidation sites excluding steroid dienone is 2. The lowest BCUT2D eigenvalue weighted by atomic mass is 10.0. The van der Waals surface area contributed by atoms with Crippen LogP contribution in [0.1, 0.15) is 386 Å². The molecule has 0 aromatic heterocycles. The Morgan fingerprint density at radius 3 is 0.959 bits per heavy atom. The fourth-order valence-corrected chi connectivity index (χ4v) is 10.9. The van der Waals surface area contributed by atoms with Gasteiger partial charge in [0.25, 0.3) is 0 Å². The Morgan fingerprint density at radius 2 is 0.635 bits per heavy atom. The van der Waals surface area contributed by atoms with Crippen molar-refractivity contribution in [1.82, 2.24) is 5.32 Å². The largest absolute Gasteiger partial charge is 0.466 e. The molecular weight excluding hydrogens is 911 g/mol. The van der Waals surface area contributed by atoms with Crippen molar-refractivity contribution in [3.05, 3.63) is 12.2 Å². The van der Waals surface area contributed by atoms with Gasteiger partial charge in [-0.05, 0) is 51.4 Å². The summed E-state index contributed by atoms with van der Waals surface area (Å²) in [6, 6.07) is -0.545. The molecule has 0 saturated heterocycles. The van der Waals surface area contributed by atoms with Crippen molar-refractivity contribution in [1.29, 1.82) is 0 Å². The zero-order valence-corrected chi connectivity index (χ0v) is 50.4. The molecule has 0 aliphatic carbocycles. The van der Waals surface area contributed by atoms with E-state index < -0.39 is 12.1 Å². The zero-order chi connectivity index (χ0) is 53.6. The van der Waals surface area contributed by atoms with Crippen LogP contribution in [-0.2, 0) is 14.3 Å². The predicted molar refractivity (Wildman–Crippen MR) is 324 cm³/mol. The van der Waals surface area contributed by atoms with Crippen molar-refractivity contribution in [3.8, 4) is 0 Å². The van der Waals surface area contributed by atoms with Gasteiger partial charge < -0.3 is 20.3 Å². The lowest BCUT2D eigenvalue weighted by molar-refractivity contribution is -0.143. The molecule has 0 heterocycles. The molecule has 0 rings (SSSR count). The Kier molecular flexibility index (Phi) is 62.9. The van der Waals surface area contributed by atoms with Gasteiger partial charge >= 0.3 is 5.97 Å². The fourth-order valence-electron chi connectivity index (χ4n) is 10.9. The number of carbonyl (C=O) groups excluding carboxylic acids is 2. The van der Waals surface area contributed by atoms with Gasteiger partial charge in [0.15, 0.2) is 0 Å². The molecule has 0 saturated carbocycles. The first-order chi connectivity index (χ1) is 36.5. The molecule has 0 spiro atoms. The van der Waals surface area contributed by atoms with Crippen LogP contribution in [0.15, 0.2) is 12.2 Å². The second-order valence-electron chi connectivity index (χ2n) is 23.5. The van der Waals surface area contributed by atoms with E-state index in [1.807, 2.05) is 0 Å². The Hall–Kier alpha value is -1.40. The molecular formula is C68H133NO5. The number of hydrogen-bond donors (Lipinski definition) is 3. The number of amides is 1. The topological polar surface area (TPSA) is 95.9 Å². The molecule has 2 unspecified atom stereocenters. The summed E-state index contributed by atoms with van der Waals surface area (Å²) in [5.41, 5.74) is 0. The molecule has 0 fully saturated rings. The van der Waals surface area contributed by atoms with E-state index in [9.17, 15) is 19.8 Å². The van der Waals surface area contributed by atoms with Crippen LogP contribution in [0.2, 0.25) is 0 Å². The van der Waals surface area contributed by atoms with Gasteiger partial charge in [-0.1, -0.05) is 334 Å². The summed E-state index contributed by atoms with van der Waals surface area (Å²) >= 11 is 0. The van der Waals surface area contributed by atoms with Crippen molar-refractivity contribution < 1.29 is 24.5 Å². The predicted octanol–water partition coefficient (Wildman–Crippen LogP) is 21.6. The molecule has 0 aliphatic heterocycles. The summed E-state index contributed by atoms with van der Waals surface area (Å²) in [4.78, 5) is 24.6. The Morgan fingerprint density at radius 1 is 0.365 bits per heavy atom. The van der Waals surface area contributed by atoms with Gasteiger partial charge in [0.1, 0.15) is 0 Å². The third-order valence-corrected chi connectivity index (χ3v) is 16.1. The van der Waals surface area contributed by atoms with E-state index in [-0.39, 0.29) is 18.5 Å². The normalized spacial score (nSPS) is 12.5. The Balaban J connectivity index is 3.39. The maximum atomic E-state index is 12.5. The van der Waals surface area contributed by atoms with Crippen LogP contribution in [-0.4, -0.2) is 47.4 Å². The van der Waals surface area contributed by atoms with Crippen LogP contribution in [0.4, 0.5) is 0 Å². The third kappa shape index (κ3) is 59.8. The molecule has 3 N–H and O–H groups in total. The van der Waals surface area contributed by atoms with Crippen molar-refractivity contribution in [2.75, 3.05) is 13.2 Å². The number of unbranched alkanes of at least 4 members (excludes halogenated alkanes) is 51. The molecule has 2 atom stereocenters. The maximum absolute atomic E-state index is 12.5. The van der Waals surface area contributed by atoms with Crippen LogP contribution >= 0.6 is 0 Å². The highest BCUT2D eigenvalue weighted by molar-refractivity contribution is 5.76. The summed E-state index contributed by atoms with van der Waals surface area (Å²) < 4.78 is 5.50. The van der Waals surface area contributed by atoms with Gasteiger partial charge in [0.05, 0.1) is 25.4 Å². The van der Waals surface area contributed by atoms with Crippen LogP contribution in [0.5, 0.6) is 0 Å². The minimum atomic E-state index is -0.668. The second kappa shape index (κ2) is 64.1. The number of aliphatic hydroxyl groups is 2. The van der Waals surface area contributed by atoms with Gasteiger partial charge in [-0.15, -0.1) is 0 Å². The van der Waals surface area contributed by atoms with E-state index in [2.05, 4.69) is 31.3 Å². The molecule has 0 bridgehead atoms. The van der Waals surface area contributed by atoms with Crippen LogP contribution in [0.25, 0.3) is 0 Å². The van der Waals surface area contributed by atoms with E-state index in [0.717, 1.165) is 44.9 Å². The molecule has 6 heteroatoms. The number of aliphatic hydroxyl groups excluding tert-OH is 2. The number of ether oxygens (including phenoxy) is 1. The molecule has 440 valence electrons. The lowest BCUT2D eigenvalue weighted by Crippen LogP contribution is -2.45. The van der Waals surface area contributed by atoms with E-state index in [1.54, 1.807) is 0 Å². The quantitative estimate of drug-likeness (QED) is 0.0320. The summed E-state index contributed by atoms with van der Waals surface area (Å²) in [6.07, 6.45) is 78.1. The number of carbonyl (C=O) groups is 2. The number of esters is 1.